The number of benzene rings is 2. The van der Waals surface area contributed by atoms with Crippen LogP contribution in [0.5, 0.6) is 0 Å². The van der Waals surface area contributed by atoms with Crippen LogP contribution in [0.15, 0.2) is 31.7 Å². The van der Waals surface area contributed by atoms with E-state index in [1.807, 2.05) is 19.1 Å². The molecule has 20 heavy (non-hydrogen) atoms. The summed E-state index contributed by atoms with van der Waals surface area (Å²) in [5.41, 5.74) is 2.18. The van der Waals surface area contributed by atoms with Crippen LogP contribution in [0, 0.1) is 13.8 Å². The maximum absolute atomic E-state index is 6.40. The highest BCUT2D eigenvalue weighted by molar-refractivity contribution is 8.05. The first-order valence-corrected chi connectivity index (χ1v) is 8.88. The first-order valence-electron chi connectivity index (χ1n) is 5.73. The Hall–Kier alpha value is 0.300. The van der Waals surface area contributed by atoms with Crippen LogP contribution >= 0.6 is 69.9 Å². The number of halogens is 4. The summed E-state index contributed by atoms with van der Waals surface area (Å²) in [6.45, 7) is 4.05. The smallest absolute Gasteiger partial charge is 0.0746 e. The Morgan fingerprint density at radius 1 is 0.700 bits per heavy atom. The first kappa shape index (κ1) is 15.2. The van der Waals surface area contributed by atoms with Gasteiger partial charge in [0.25, 0.3) is 0 Å². The Morgan fingerprint density at radius 2 is 1.40 bits per heavy atom. The van der Waals surface area contributed by atoms with Gasteiger partial charge in [-0.15, -0.1) is 0 Å². The van der Waals surface area contributed by atoms with E-state index in [4.69, 9.17) is 46.4 Å². The Bertz CT molecular complexity index is 741. The number of hydrogen-bond donors (Lipinski definition) is 0. The van der Waals surface area contributed by atoms with Gasteiger partial charge in [-0.1, -0.05) is 69.9 Å². The first-order chi connectivity index (χ1) is 9.41. The van der Waals surface area contributed by atoms with Crippen molar-refractivity contribution in [1.29, 1.82) is 0 Å². The van der Waals surface area contributed by atoms with Crippen molar-refractivity contribution >= 4 is 69.9 Å². The zero-order valence-electron chi connectivity index (χ0n) is 10.5. The van der Waals surface area contributed by atoms with Crippen LogP contribution < -0.4 is 0 Å². The number of fused-ring (bicyclic) bond motifs is 2. The van der Waals surface area contributed by atoms with Crippen molar-refractivity contribution in [2.75, 3.05) is 0 Å². The molecule has 0 aromatic heterocycles. The zero-order valence-corrected chi connectivity index (χ0v) is 15.1. The highest BCUT2D eigenvalue weighted by Gasteiger charge is 2.27. The van der Waals surface area contributed by atoms with Crippen molar-refractivity contribution in [2.24, 2.45) is 0 Å². The normalized spacial score (nSPS) is 13.1. The predicted molar refractivity (Wildman–Crippen MR) is 90.6 cm³/mol. The van der Waals surface area contributed by atoms with E-state index in [0.717, 1.165) is 30.7 Å². The van der Waals surface area contributed by atoms with Gasteiger partial charge in [0, 0.05) is 19.6 Å². The summed E-state index contributed by atoms with van der Waals surface area (Å²) in [5, 5.41) is 2.31. The SMILES string of the molecule is Cc1c(C)c2c(c(Cl)c1Cl)Sc1c(ccc(Cl)c1Cl)S2. The Balaban J connectivity index is 2.26. The lowest BCUT2D eigenvalue weighted by molar-refractivity contribution is 1.09. The van der Waals surface area contributed by atoms with Gasteiger partial charge in [0.2, 0.25) is 0 Å². The lowest BCUT2D eigenvalue weighted by Gasteiger charge is -2.24. The molecule has 104 valence electrons. The topological polar surface area (TPSA) is 0 Å². The highest BCUT2D eigenvalue weighted by atomic mass is 35.5. The lowest BCUT2D eigenvalue weighted by atomic mass is 10.1. The van der Waals surface area contributed by atoms with Gasteiger partial charge in [0.1, 0.15) is 0 Å². The summed E-state index contributed by atoms with van der Waals surface area (Å²) in [6, 6.07) is 3.81. The van der Waals surface area contributed by atoms with Gasteiger partial charge in [-0.05, 0) is 37.1 Å². The summed E-state index contributed by atoms with van der Waals surface area (Å²) in [4.78, 5) is 4.14. The van der Waals surface area contributed by atoms with Crippen molar-refractivity contribution in [3.05, 3.63) is 43.4 Å². The summed E-state index contributed by atoms with van der Waals surface area (Å²) in [5.74, 6) is 0. The lowest BCUT2D eigenvalue weighted by Crippen LogP contribution is -1.97. The monoisotopic (exact) mass is 380 g/mol. The van der Waals surface area contributed by atoms with E-state index in [0.29, 0.717) is 20.1 Å². The molecule has 0 fully saturated rings. The Kier molecular flexibility index (Phi) is 4.18. The van der Waals surface area contributed by atoms with Crippen LogP contribution in [0.1, 0.15) is 11.1 Å². The van der Waals surface area contributed by atoms with Crippen LogP contribution in [0.3, 0.4) is 0 Å². The van der Waals surface area contributed by atoms with E-state index >= 15 is 0 Å². The summed E-state index contributed by atoms with van der Waals surface area (Å²) >= 11 is 28.3. The molecule has 0 bridgehead atoms. The fourth-order valence-electron chi connectivity index (χ4n) is 1.99. The van der Waals surface area contributed by atoms with Gasteiger partial charge in [0.05, 0.1) is 20.1 Å². The average Bonchev–Trinajstić information content (AvgIpc) is 2.45. The molecule has 2 aromatic carbocycles. The van der Waals surface area contributed by atoms with Crippen molar-refractivity contribution < 1.29 is 0 Å². The quantitative estimate of drug-likeness (QED) is 0.394. The fraction of sp³-hybridized carbons (Fsp3) is 0.143. The Labute approximate surface area is 146 Å². The third-order valence-corrected chi connectivity index (χ3v) is 8.01. The number of rotatable bonds is 0. The van der Waals surface area contributed by atoms with Gasteiger partial charge < -0.3 is 0 Å². The number of hydrogen-bond acceptors (Lipinski definition) is 2. The van der Waals surface area contributed by atoms with E-state index in [-0.39, 0.29) is 0 Å². The summed E-state index contributed by atoms with van der Waals surface area (Å²) < 4.78 is 0. The third kappa shape index (κ3) is 2.25. The van der Waals surface area contributed by atoms with E-state index in [1.54, 1.807) is 11.8 Å². The van der Waals surface area contributed by atoms with E-state index in [2.05, 4.69) is 6.92 Å². The molecule has 1 aliphatic rings. The van der Waals surface area contributed by atoms with Gasteiger partial charge in [-0.25, -0.2) is 0 Å². The minimum absolute atomic E-state index is 0.549. The van der Waals surface area contributed by atoms with Crippen LogP contribution in [0.2, 0.25) is 20.1 Å². The minimum Gasteiger partial charge on any atom is -0.0873 e. The molecule has 2 aromatic rings. The van der Waals surface area contributed by atoms with Crippen LogP contribution in [-0.2, 0) is 0 Å². The van der Waals surface area contributed by atoms with Crippen LogP contribution in [-0.4, -0.2) is 0 Å². The van der Waals surface area contributed by atoms with Crippen LogP contribution in [0.25, 0.3) is 0 Å². The molecule has 0 radical (unpaired) electrons. The molecule has 1 aliphatic heterocycles. The maximum Gasteiger partial charge on any atom is 0.0746 e. The summed E-state index contributed by atoms with van der Waals surface area (Å²) in [7, 11) is 0. The van der Waals surface area contributed by atoms with Crippen molar-refractivity contribution in [2.45, 2.75) is 33.4 Å². The molecule has 0 saturated heterocycles. The molecule has 0 spiro atoms. The minimum atomic E-state index is 0.549. The predicted octanol–water partition coefficient (Wildman–Crippen LogP) is 7.53. The molecule has 3 rings (SSSR count). The second-order valence-electron chi connectivity index (χ2n) is 4.43. The molecule has 0 aliphatic carbocycles. The van der Waals surface area contributed by atoms with Crippen molar-refractivity contribution in [3.63, 3.8) is 0 Å². The molecule has 0 nitrogen and oxygen atoms in total. The zero-order chi connectivity index (χ0) is 14.6. The molecule has 0 atom stereocenters. The fourth-order valence-corrected chi connectivity index (χ4v) is 5.80. The molecule has 0 amide bonds. The average molecular weight is 382 g/mol. The largest absolute Gasteiger partial charge is 0.0873 e. The van der Waals surface area contributed by atoms with Gasteiger partial charge in [-0.2, -0.15) is 0 Å². The van der Waals surface area contributed by atoms with Crippen molar-refractivity contribution in [3.8, 4) is 0 Å². The molecule has 0 unspecified atom stereocenters. The second-order valence-corrected chi connectivity index (χ2v) is 8.04. The van der Waals surface area contributed by atoms with Gasteiger partial charge in [0.15, 0.2) is 0 Å². The molecule has 1 heterocycles. The standard InChI is InChI=1S/C14H8Cl4S2/c1-5-6(2)12-14(11(18)9(5)16)20-13-8(19-12)4-3-7(15)10(13)17/h3-4H,1-2H3. The van der Waals surface area contributed by atoms with Gasteiger partial charge in [-0.3, -0.25) is 0 Å². The molecular formula is C14H8Cl4S2. The third-order valence-electron chi connectivity index (χ3n) is 3.26. The van der Waals surface area contributed by atoms with Crippen LogP contribution in [0.4, 0.5) is 0 Å². The van der Waals surface area contributed by atoms with Gasteiger partial charge >= 0.3 is 0 Å². The van der Waals surface area contributed by atoms with E-state index in [1.165, 1.54) is 11.8 Å². The maximum atomic E-state index is 6.40. The highest BCUT2D eigenvalue weighted by Crippen LogP contribution is 2.57. The van der Waals surface area contributed by atoms with E-state index < -0.39 is 0 Å². The van der Waals surface area contributed by atoms with Crippen molar-refractivity contribution in [1.82, 2.24) is 0 Å². The van der Waals surface area contributed by atoms with E-state index in [9.17, 15) is 0 Å². The summed E-state index contributed by atoms with van der Waals surface area (Å²) in [6.07, 6.45) is 0. The molecular weight excluding hydrogens is 374 g/mol. The second kappa shape index (κ2) is 5.49. The molecule has 0 saturated carbocycles. The molecule has 6 heteroatoms. The Morgan fingerprint density at radius 3 is 2.10 bits per heavy atom. The molecule has 0 N–H and O–H groups in total.